The summed E-state index contributed by atoms with van der Waals surface area (Å²) in [6.07, 6.45) is 5.53. The molecule has 1 aromatic carbocycles. The van der Waals surface area contributed by atoms with Gasteiger partial charge in [0.2, 0.25) is 5.91 Å². The van der Waals surface area contributed by atoms with Crippen molar-refractivity contribution in [2.75, 3.05) is 36.8 Å². The summed E-state index contributed by atoms with van der Waals surface area (Å²) in [6.45, 7) is 1.64. The smallest absolute Gasteiger partial charge is 0.257 e. The molecular formula is C27H28FN7O2. The number of rotatable bonds is 6. The van der Waals surface area contributed by atoms with Crippen LogP contribution >= 0.6 is 0 Å². The molecule has 2 N–H and O–H groups in total. The number of hydrogen-bond acceptors (Lipinski definition) is 7. The van der Waals surface area contributed by atoms with Crippen molar-refractivity contribution in [3.63, 3.8) is 0 Å². The summed E-state index contributed by atoms with van der Waals surface area (Å²) in [6, 6.07) is 12.6. The molecule has 2 amide bonds. The number of benzene rings is 1. The highest BCUT2D eigenvalue weighted by Gasteiger charge is 2.36. The topological polar surface area (TPSA) is 114 Å². The SMILES string of the molecule is N#C[C@@H]1C[C@H](F)CN1C(=O)CN1CCC(Nc2ccc(C(=O)Nc3cccnc3)c3ncccc23)CC1. The lowest BCUT2D eigenvalue weighted by Gasteiger charge is -2.33. The number of piperidine rings is 1. The second kappa shape index (κ2) is 10.9. The molecule has 5 rings (SSSR count). The second-order valence-electron chi connectivity index (χ2n) is 9.47. The monoisotopic (exact) mass is 501 g/mol. The molecule has 0 aliphatic carbocycles. The number of nitrogens with zero attached hydrogens (tertiary/aromatic N) is 5. The van der Waals surface area contributed by atoms with Gasteiger partial charge in [-0.2, -0.15) is 5.26 Å². The van der Waals surface area contributed by atoms with E-state index in [0.717, 1.165) is 37.0 Å². The Morgan fingerprint density at radius 3 is 2.70 bits per heavy atom. The lowest BCUT2D eigenvalue weighted by atomic mass is 10.0. The average molecular weight is 502 g/mol. The van der Waals surface area contributed by atoms with Crippen LogP contribution in [0.3, 0.4) is 0 Å². The fourth-order valence-corrected chi connectivity index (χ4v) is 5.04. The van der Waals surface area contributed by atoms with E-state index < -0.39 is 12.2 Å². The van der Waals surface area contributed by atoms with Crippen molar-refractivity contribution in [1.29, 1.82) is 5.26 Å². The number of nitriles is 1. The van der Waals surface area contributed by atoms with E-state index in [9.17, 15) is 19.2 Å². The molecule has 3 aromatic rings. The maximum Gasteiger partial charge on any atom is 0.257 e. The summed E-state index contributed by atoms with van der Waals surface area (Å²) in [5.74, 6) is -0.438. The van der Waals surface area contributed by atoms with Crippen molar-refractivity contribution in [2.24, 2.45) is 0 Å². The number of carbonyl (C=O) groups excluding carboxylic acids is 2. The molecule has 0 unspecified atom stereocenters. The molecule has 2 fully saturated rings. The van der Waals surface area contributed by atoms with Gasteiger partial charge in [0.15, 0.2) is 0 Å². The zero-order chi connectivity index (χ0) is 25.8. The Kier molecular flexibility index (Phi) is 7.23. The highest BCUT2D eigenvalue weighted by atomic mass is 19.1. The summed E-state index contributed by atoms with van der Waals surface area (Å²) in [7, 11) is 0. The third kappa shape index (κ3) is 5.52. The van der Waals surface area contributed by atoms with Crippen LogP contribution in [0.5, 0.6) is 0 Å². The largest absolute Gasteiger partial charge is 0.382 e. The summed E-state index contributed by atoms with van der Waals surface area (Å²) < 4.78 is 13.7. The number of alkyl halides is 1. The molecule has 0 bridgehead atoms. The molecule has 2 aromatic heterocycles. The van der Waals surface area contributed by atoms with Gasteiger partial charge in [0.25, 0.3) is 5.91 Å². The Balaban J connectivity index is 1.21. The van der Waals surface area contributed by atoms with Gasteiger partial charge in [-0.25, -0.2) is 4.39 Å². The third-order valence-electron chi connectivity index (χ3n) is 6.96. The number of pyridine rings is 2. The van der Waals surface area contributed by atoms with Crippen molar-refractivity contribution >= 4 is 34.1 Å². The molecule has 37 heavy (non-hydrogen) atoms. The van der Waals surface area contributed by atoms with Crippen molar-refractivity contribution in [3.05, 3.63) is 60.6 Å². The van der Waals surface area contributed by atoms with Gasteiger partial charge in [0, 0.05) is 49.0 Å². The zero-order valence-corrected chi connectivity index (χ0v) is 20.3. The number of likely N-dealkylation sites (tertiary alicyclic amines) is 2. The highest BCUT2D eigenvalue weighted by molar-refractivity contribution is 6.13. The van der Waals surface area contributed by atoms with E-state index in [1.165, 1.54) is 4.90 Å². The van der Waals surface area contributed by atoms with Crippen LogP contribution < -0.4 is 10.6 Å². The molecular weight excluding hydrogens is 473 g/mol. The number of fused-ring (bicyclic) bond motifs is 1. The van der Waals surface area contributed by atoms with Gasteiger partial charge in [-0.05, 0) is 49.2 Å². The Bertz CT molecular complexity index is 1320. The standard InChI is InChI=1S/C27H28FN7O2/c28-18-13-21(14-29)35(16-18)25(36)17-34-11-7-19(8-12-34)32-24-6-5-23(26-22(24)4-2-10-31-26)27(37)33-20-3-1-9-30-15-20/h1-6,9-10,15,18-19,21,32H,7-8,11-13,16-17H2,(H,33,37)/t18-,21-/m0/s1. The Hall–Kier alpha value is -4.10. The quantitative estimate of drug-likeness (QED) is 0.533. The van der Waals surface area contributed by atoms with Gasteiger partial charge < -0.3 is 15.5 Å². The first-order valence-corrected chi connectivity index (χ1v) is 12.4. The molecule has 0 spiro atoms. The fraction of sp³-hybridized carbons (Fsp3) is 0.370. The molecule has 0 saturated carbocycles. The molecule has 190 valence electrons. The molecule has 4 heterocycles. The van der Waals surface area contributed by atoms with Crippen LogP contribution in [0, 0.1) is 11.3 Å². The van der Waals surface area contributed by atoms with Gasteiger partial charge in [-0.15, -0.1) is 0 Å². The lowest BCUT2D eigenvalue weighted by molar-refractivity contribution is -0.132. The minimum Gasteiger partial charge on any atom is -0.382 e. The number of carbonyl (C=O) groups is 2. The van der Waals surface area contributed by atoms with Crippen LogP contribution in [0.2, 0.25) is 0 Å². The van der Waals surface area contributed by atoms with Crippen molar-refractivity contribution in [2.45, 2.75) is 37.5 Å². The van der Waals surface area contributed by atoms with E-state index in [4.69, 9.17) is 0 Å². The van der Waals surface area contributed by atoms with Crippen molar-refractivity contribution < 1.29 is 14.0 Å². The third-order valence-corrected chi connectivity index (χ3v) is 6.96. The van der Waals surface area contributed by atoms with Gasteiger partial charge in [-0.1, -0.05) is 0 Å². The minimum atomic E-state index is -1.12. The molecule has 2 atom stereocenters. The minimum absolute atomic E-state index is 0.00639. The van der Waals surface area contributed by atoms with E-state index in [1.807, 2.05) is 24.3 Å². The summed E-state index contributed by atoms with van der Waals surface area (Å²) in [4.78, 5) is 37.5. The van der Waals surface area contributed by atoms with Crippen molar-refractivity contribution in [3.8, 4) is 6.07 Å². The van der Waals surface area contributed by atoms with Gasteiger partial charge >= 0.3 is 0 Å². The maximum absolute atomic E-state index is 13.7. The second-order valence-corrected chi connectivity index (χ2v) is 9.47. The number of halogens is 1. The maximum atomic E-state index is 13.7. The summed E-state index contributed by atoms with van der Waals surface area (Å²) >= 11 is 0. The number of anilines is 2. The number of nitrogens with one attached hydrogen (secondary N) is 2. The molecule has 10 heteroatoms. The Labute approximate surface area is 214 Å². The molecule has 2 aliphatic heterocycles. The van der Waals surface area contributed by atoms with Crippen molar-refractivity contribution in [1.82, 2.24) is 19.8 Å². The highest BCUT2D eigenvalue weighted by Crippen LogP contribution is 2.28. The normalized spacial score (nSPS) is 20.5. The van der Waals surface area contributed by atoms with E-state index in [0.29, 0.717) is 16.8 Å². The Morgan fingerprint density at radius 2 is 1.95 bits per heavy atom. The van der Waals surface area contributed by atoms with Crippen LogP contribution in [-0.4, -0.2) is 76.0 Å². The summed E-state index contributed by atoms with van der Waals surface area (Å²) in [5, 5.41) is 16.5. The van der Waals surface area contributed by atoms with Gasteiger partial charge in [-0.3, -0.25) is 24.5 Å². The summed E-state index contributed by atoms with van der Waals surface area (Å²) in [5.41, 5.74) is 2.60. The molecule has 0 radical (unpaired) electrons. The van der Waals surface area contributed by atoms with Crippen LogP contribution in [0.1, 0.15) is 29.6 Å². The lowest BCUT2D eigenvalue weighted by Crippen LogP contribution is -2.46. The predicted molar refractivity (Wildman–Crippen MR) is 138 cm³/mol. The predicted octanol–water partition coefficient (Wildman–Crippen LogP) is 3.22. The number of hydrogen-bond donors (Lipinski definition) is 2. The van der Waals surface area contributed by atoms with E-state index in [-0.39, 0.29) is 37.4 Å². The fourth-order valence-electron chi connectivity index (χ4n) is 5.04. The van der Waals surface area contributed by atoms with Crippen LogP contribution in [-0.2, 0) is 4.79 Å². The van der Waals surface area contributed by atoms with E-state index in [1.54, 1.807) is 36.8 Å². The average Bonchev–Trinajstić information content (AvgIpc) is 3.31. The van der Waals surface area contributed by atoms with Crippen LogP contribution in [0.15, 0.2) is 55.0 Å². The molecule has 9 nitrogen and oxygen atoms in total. The number of amides is 2. The van der Waals surface area contributed by atoms with Gasteiger partial charge in [0.05, 0.1) is 42.1 Å². The van der Waals surface area contributed by atoms with E-state index in [2.05, 4.69) is 25.5 Å². The number of aromatic nitrogens is 2. The van der Waals surface area contributed by atoms with E-state index >= 15 is 0 Å². The van der Waals surface area contributed by atoms with Crippen LogP contribution in [0.4, 0.5) is 15.8 Å². The first kappa shape index (κ1) is 24.6. The molecule has 2 saturated heterocycles. The first-order valence-electron chi connectivity index (χ1n) is 12.4. The first-order chi connectivity index (χ1) is 18.0. The zero-order valence-electron chi connectivity index (χ0n) is 20.3. The Morgan fingerprint density at radius 1 is 1.14 bits per heavy atom. The van der Waals surface area contributed by atoms with Gasteiger partial charge in [0.1, 0.15) is 12.2 Å². The molecule has 2 aliphatic rings. The van der Waals surface area contributed by atoms with Crippen LogP contribution in [0.25, 0.3) is 10.9 Å².